The van der Waals surface area contributed by atoms with Crippen molar-refractivity contribution in [3.05, 3.63) is 58.6 Å². The van der Waals surface area contributed by atoms with Gasteiger partial charge in [-0.2, -0.15) is 5.26 Å². The fraction of sp³-hybridized carbons (Fsp3) is 0.167. The highest BCUT2D eigenvalue weighted by Crippen LogP contribution is 2.24. The minimum Gasteiger partial charge on any atom is -0.478 e. The molecule has 0 bridgehead atoms. The summed E-state index contributed by atoms with van der Waals surface area (Å²) in [5.41, 5.74) is 1.26. The van der Waals surface area contributed by atoms with Gasteiger partial charge in [-0.05, 0) is 36.4 Å². The second-order valence-electron chi connectivity index (χ2n) is 5.33. The molecule has 0 radical (unpaired) electrons. The van der Waals surface area contributed by atoms with Gasteiger partial charge >= 0.3 is 5.97 Å². The van der Waals surface area contributed by atoms with Gasteiger partial charge in [-0.3, -0.25) is 4.79 Å². The Labute approximate surface area is 150 Å². The predicted octanol–water partition coefficient (Wildman–Crippen LogP) is 3.64. The number of carboxylic acid groups (broad SMARTS) is 1. The quantitative estimate of drug-likeness (QED) is 0.823. The van der Waals surface area contributed by atoms with Gasteiger partial charge < -0.3 is 15.3 Å². The van der Waals surface area contributed by atoms with E-state index in [9.17, 15) is 14.7 Å². The number of carbonyl (C=O) groups excluding carboxylic acids is 1. The molecule has 2 aromatic carbocycles. The molecule has 0 aliphatic rings. The Kier molecular flexibility index (Phi) is 5.98. The third kappa shape index (κ3) is 4.72. The van der Waals surface area contributed by atoms with Crippen LogP contribution in [0.3, 0.4) is 0 Å². The van der Waals surface area contributed by atoms with E-state index in [1.54, 1.807) is 42.3 Å². The molecular formula is C18H16ClN3O3. The number of nitriles is 1. The smallest absolute Gasteiger partial charge is 0.337 e. The van der Waals surface area contributed by atoms with Crippen LogP contribution in [0.4, 0.5) is 11.4 Å². The zero-order valence-corrected chi connectivity index (χ0v) is 14.2. The Morgan fingerprint density at radius 2 is 2.04 bits per heavy atom. The first-order valence-electron chi connectivity index (χ1n) is 7.44. The van der Waals surface area contributed by atoms with Gasteiger partial charge in [-0.1, -0.05) is 17.7 Å². The summed E-state index contributed by atoms with van der Waals surface area (Å²) >= 11 is 5.87. The molecule has 2 N–H and O–H groups in total. The van der Waals surface area contributed by atoms with Gasteiger partial charge in [0.1, 0.15) is 0 Å². The normalized spacial score (nSPS) is 9.96. The van der Waals surface area contributed by atoms with Crippen LogP contribution < -0.4 is 10.2 Å². The van der Waals surface area contributed by atoms with E-state index in [1.807, 2.05) is 6.07 Å². The Balaban J connectivity index is 2.25. The number of nitrogens with one attached hydrogen (secondary N) is 1. The number of aromatic carboxylic acids is 1. The predicted molar refractivity (Wildman–Crippen MR) is 96.3 cm³/mol. The fourth-order valence-corrected chi connectivity index (χ4v) is 2.48. The summed E-state index contributed by atoms with van der Waals surface area (Å²) in [6, 6.07) is 13.1. The van der Waals surface area contributed by atoms with Crippen molar-refractivity contribution in [2.45, 2.75) is 6.42 Å². The maximum absolute atomic E-state index is 12.2. The molecule has 1 amide bonds. The zero-order chi connectivity index (χ0) is 18.4. The van der Waals surface area contributed by atoms with Crippen LogP contribution in [0, 0.1) is 11.3 Å². The van der Waals surface area contributed by atoms with Crippen LogP contribution in [-0.2, 0) is 0 Å². The monoisotopic (exact) mass is 357 g/mol. The Hall–Kier alpha value is -3.04. The summed E-state index contributed by atoms with van der Waals surface area (Å²) in [4.78, 5) is 25.5. The average Bonchev–Trinajstić information content (AvgIpc) is 2.59. The van der Waals surface area contributed by atoms with Crippen LogP contribution in [0.15, 0.2) is 42.5 Å². The number of benzene rings is 2. The van der Waals surface area contributed by atoms with E-state index in [1.165, 1.54) is 12.1 Å². The molecule has 0 saturated heterocycles. The molecule has 0 atom stereocenters. The summed E-state index contributed by atoms with van der Waals surface area (Å²) in [5, 5.41) is 21.2. The third-order valence-electron chi connectivity index (χ3n) is 3.54. The van der Waals surface area contributed by atoms with Gasteiger partial charge in [0.25, 0.3) is 5.91 Å². The second-order valence-corrected chi connectivity index (χ2v) is 5.77. The SMILES string of the molecule is CN(CCC#N)c1ccc(NC(=O)c2cccc(Cl)c2)cc1C(=O)O. The van der Waals surface area contributed by atoms with Crippen molar-refractivity contribution in [1.82, 2.24) is 0 Å². The number of hydrogen-bond acceptors (Lipinski definition) is 4. The highest BCUT2D eigenvalue weighted by molar-refractivity contribution is 6.31. The number of anilines is 2. The number of carbonyl (C=O) groups is 2. The third-order valence-corrected chi connectivity index (χ3v) is 3.78. The number of nitrogens with zero attached hydrogens (tertiary/aromatic N) is 2. The Morgan fingerprint density at radius 1 is 1.28 bits per heavy atom. The molecule has 0 heterocycles. The van der Waals surface area contributed by atoms with Crippen LogP contribution in [0.1, 0.15) is 27.1 Å². The molecule has 0 aliphatic heterocycles. The summed E-state index contributed by atoms with van der Waals surface area (Å²) in [7, 11) is 1.71. The van der Waals surface area contributed by atoms with E-state index >= 15 is 0 Å². The average molecular weight is 358 g/mol. The van der Waals surface area contributed by atoms with Crippen molar-refractivity contribution >= 4 is 34.9 Å². The van der Waals surface area contributed by atoms with Crippen molar-refractivity contribution in [3.63, 3.8) is 0 Å². The molecular weight excluding hydrogens is 342 g/mol. The summed E-state index contributed by atoms with van der Waals surface area (Å²) < 4.78 is 0. The van der Waals surface area contributed by atoms with Crippen molar-refractivity contribution in [2.75, 3.05) is 23.8 Å². The minimum atomic E-state index is -1.11. The molecule has 0 spiro atoms. The maximum atomic E-state index is 12.2. The van der Waals surface area contributed by atoms with Crippen LogP contribution in [0.2, 0.25) is 5.02 Å². The van der Waals surface area contributed by atoms with Gasteiger partial charge in [-0.25, -0.2) is 4.79 Å². The standard InChI is InChI=1S/C18H16ClN3O3/c1-22(9-3-8-20)16-7-6-14(11-15(16)18(24)25)21-17(23)12-4-2-5-13(19)10-12/h2,4-7,10-11H,3,9H2,1H3,(H,21,23)(H,24,25). The number of rotatable bonds is 6. The van der Waals surface area contributed by atoms with Crippen molar-refractivity contribution in [2.24, 2.45) is 0 Å². The molecule has 0 saturated carbocycles. The molecule has 0 fully saturated rings. The van der Waals surface area contributed by atoms with E-state index in [0.29, 0.717) is 28.5 Å². The van der Waals surface area contributed by atoms with Gasteiger partial charge in [0.05, 0.1) is 23.7 Å². The van der Waals surface area contributed by atoms with Crippen molar-refractivity contribution < 1.29 is 14.7 Å². The molecule has 128 valence electrons. The van der Waals surface area contributed by atoms with Gasteiger partial charge in [0, 0.05) is 29.9 Å². The molecule has 0 unspecified atom stereocenters. The number of amides is 1. The Bertz CT molecular complexity index is 846. The van der Waals surface area contributed by atoms with Crippen LogP contribution in [-0.4, -0.2) is 30.6 Å². The Morgan fingerprint density at radius 3 is 2.68 bits per heavy atom. The van der Waals surface area contributed by atoms with E-state index in [2.05, 4.69) is 5.32 Å². The van der Waals surface area contributed by atoms with Crippen molar-refractivity contribution in [1.29, 1.82) is 5.26 Å². The second kappa shape index (κ2) is 8.18. The van der Waals surface area contributed by atoms with E-state index in [-0.39, 0.29) is 17.9 Å². The largest absolute Gasteiger partial charge is 0.478 e. The lowest BCUT2D eigenvalue weighted by atomic mass is 10.1. The zero-order valence-electron chi connectivity index (χ0n) is 13.5. The summed E-state index contributed by atoms with van der Waals surface area (Å²) in [6.45, 7) is 0.408. The lowest BCUT2D eigenvalue weighted by Gasteiger charge is -2.20. The molecule has 0 aliphatic carbocycles. The first-order valence-corrected chi connectivity index (χ1v) is 7.82. The highest BCUT2D eigenvalue weighted by Gasteiger charge is 2.15. The number of halogens is 1. The molecule has 7 heteroatoms. The first-order chi connectivity index (χ1) is 11.9. The van der Waals surface area contributed by atoms with Gasteiger partial charge in [0.2, 0.25) is 0 Å². The lowest BCUT2D eigenvalue weighted by molar-refractivity contribution is 0.0697. The van der Waals surface area contributed by atoms with E-state index in [0.717, 1.165) is 0 Å². The van der Waals surface area contributed by atoms with Crippen molar-refractivity contribution in [3.8, 4) is 6.07 Å². The molecule has 2 aromatic rings. The molecule has 0 aromatic heterocycles. The van der Waals surface area contributed by atoms with E-state index in [4.69, 9.17) is 16.9 Å². The van der Waals surface area contributed by atoms with Crippen LogP contribution in [0.5, 0.6) is 0 Å². The van der Waals surface area contributed by atoms with Crippen LogP contribution >= 0.6 is 11.6 Å². The summed E-state index contributed by atoms with van der Waals surface area (Å²) in [5.74, 6) is -1.50. The first kappa shape index (κ1) is 18.3. The van der Waals surface area contributed by atoms with Gasteiger partial charge in [-0.15, -0.1) is 0 Å². The van der Waals surface area contributed by atoms with E-state index < -0.39 is 5.97 Å². The number of hydrogen-bond donors (Lipinski definition) is 2. The summed E-state index contributed by atoms with van der Waals surface area (Å²) in [6.07, 6.45) is 0.281. The minimum absolute atomic E-state index is 0.0457. The topological polar surface area (TPSA) is 93.4 Å². The molecule has 2 rings (SSSR count). The molecule has 6 nitrogen and oxygen atoms in total. The van der Waals surface area contributed by atoms with Crippen LogP contribution in [0.25, 0.3) is 0 Å². The fourth-order valence-electron chi connectivity index (χ4n) is 2.29. The maximum Gasteiger partial charge on any atom is 0.337 e. The highest BCUT2D eigenvalue weighted by atomic mass is 35.5. The van der Waals surface area contributed by atoms with Gasteiger partial charge in [0.15, 0.2) is 0 Å². The number of carboxylic acids is 1. The lowest BCUT2D eigenvalue weighted by Crippen LogP contribution is -2.21. The molecule has 25 heavy (non-hydrogen) atoms.